The van der Waals surface area contributed by atoms with Gasteiger partial charge in [-0.1, -0.05) is 32.1 Å². The van der Waals surface area contributed by atoms with Gasteiger partial charge in [0, 0.05) is 12.1 Å². The van der Waals surface area contributed by atoms with Crippen molar-refractivity contribution in [2.45, 2.75) is 51.5 Å². The van der Waals surface area contributed by atoms with Crippen LogP contribution in [0.25, 0.3) is 0 Å². The Labute approximate surface area is 75.9 Å². The lowest BCUT2D eigenvalue weighted by molar-refractivity contribution is 0.0590. The Kier molecular flexibility index (Phi) is 2.16. The van der Waals surface area contributed by atoms with E-state index in [4.69, 9.17) is 0 Å². The van der Waals surface area contributed by atoms with Gasteiger partial charge < -0.3 is 5.32 Å². The Morgan fingerprint density at radius 1 is 1.08 bits per heavy atom. The van der Waals surface area contributed by atoms with Crippen molar-refractivity contribution in [2.24, 2.45) is 11.8 Å². The van der Waals surface area contributed by atoms with Crippen LogP contribution in [0.1, 0.15) is 46.0 Å². The summed E-state index contributed by atoms with van der Waals surface area (Å²) < 4.78 is 0. The van der Waals surface area contributed by atoms with Crippen molar-refractivity contribution in [1.82, 2.24) is 5.32 Å². The highest BCUT2D eigenvalue weighted by Crippen LogP contribution is 2.39. The van der Waals surface area contributed by atoms with Crippen LogP contribution in [0.3, 0.4) is 0 Å². The van der Waals surface area contributed by atoms with Gasteiger partial charge in [-0.3, -0.25) is 0 Å². The third kappa shape index (κ3) is 1.39. The molecule has 1 aliphatic heterocycles. The first-order valence-electron chi connectivity index (χ1n) is 5.45. The highest BCUT2D eigenvalue weighted by Gasteiger charge is 2.42. The molecule has 0 radical (unpaired) electrons. The Morgan fingerprint density at radius 2 is 1.75 bits per heavy atom. The predicted molar refractivity (Wildman–Crippen MR) is 52.1 cm³/mol. The van der Waals surface area contributed by atoms with E-state index in [1.54, 1.807) is 0 Å². The summed E-state index contributed by atoms with van der Waals surface area (Å²) in [6, 6.07) is 0. The summed E-state index contributed by atoms with van der Waals surface area (Å²) >= 11 is 0. The van der Waals surface area contributed by atoms with Crippen molar-refractivity contribution < 1.29 is 0 Å². The molecule has 0 spiro atoms. The maximum absolute atomic E-state index is 3.53. The topological polar surface area (TPSA) is 12.0 Å². The Bertz CT molecular complexity index is 156. The van der Waals surface area contributed by atoms with Gasteiger partial charge in [0.25, 0.3) is 0 Å². The van der Waals surface area contributed by atoms with Gasteiger partial charge in [0.2, 0.25) is 0 Å². The van der Waals surface area contributed by atoms with Crippen molar-refractivity contribution in [3.8, 4) is 0 Å². The Hall–Kier alpha value is -0.0400. The molecule has 1 atom stereocenters. The van der Waals surface area contributed by atoms with Crippen molar-refractivity contribution in [3.63, 3.8) is 0 Å². The summed E-state index contributed by atoms with van der Waals surface area (Å²) in [5.74, 6) is 2.01. The largest absolute Gasteiger partial charge is 0.311 e. The monoisotopic (exact) mass is 167 g/mol. The molecule has 2 rings (SSSR count). The van der Waals surface area contributed by atoms with E-state index in [1.807, 2.05) is 0 Å². The molecule has 1 aliphatic carbocycles. The van der Waals surface area contributed by atoms with Crippen LogP contribution in [-0.2, 0) is 0 Å². The zero-order valence-electron chi connectivity index (χ0n) is 8.40. The number of hydrogen-bond acceptors (Lipinski definition) is 1. The maximum atomic E-state index is 3.53. The van der Waals surface area contributed by atoms with E-state index in [0.717, 1.165) is 11.8 Å². The minimum Gasteiger partial charge on any atom is -0.311 e. The van der Waals surface area contributed by atoms with Gasteiger partial charge in [-0.05, 0) is 25.7 Å². The molecule has 2 fully saturated rings. The van der Waals surface area contributed by atoms with Crippen LogP contribution in [0.5, 0.6) is 0 Å². The molecular formula is C11H21N. The predicted octanol–water partition coefficient (Wildman–Crippen LogP) is 2.56. The zero-order valence-corrected chi connectivity index (χ0v) is 8.40. The van der Waals surface area contributed by atoms with Gasteiger partial charge in [-0.25, -0.2) is 0 Å². The molecule has 1 saturated heterocycles. The smallest absolute Gasteiger partial charge is 0.0168 e. The van der Waals surface area contributed by atoms with E-state index in [2.05, 4.69) is 19.2 Å². The van der Waals surface area contributed by atoms with Crippen LogP contribution < -0.4 is 5.32 Å². The first-order chi connectivity index (χ1) is 5.70. The van der Waals surface area contributed by atoms with E-state index < -0.39 is 0 Å². The second-order valence-electron chi connectivity index (χ2n) is 5.11. The minimum atomic E-state index is 0.446. The van der Waals surface area contributed by atoms with Crippen LogP contribution in [-0.4, -0.2) is 12.1 Å². The van der Waals surface area contributed by atoms with Crippen LogP contribution in [0.15, 0.2) is 0 Å². The van der Waals surface area contributed by atoms with Crippen molar-refractivity contribution >= 4 is 0 Å². The molecular weight excluding hydrogens is 146 g/mol. The van der Waals surface area contributed by atoms with E-state index in [9.17, 15) is 0 Å². The van der Waals surface area contributed by atoms with Gasteiger partial charge in [-0.15, -0.1) is 0 Å². The molecule has 1 nitrogen and oxygen atoms in total. The number of nitrogens with one attached hydrogen (secondary N) is 1. The molecule has 70 valence electrons. The number of hydrogen-bond donors (Lipinski definition) is 1. The fourth-order valence-corrected chi connectivity index (χ4v) is 2.92. The third-order valence-corrected chi connectivity index (χ3v) is 3.92. The van der Waals surface area contributed by atoms with Gasteiger partial charge in [0.05, 0.1) is 0 Å². The molecule has 1 N–H and O–H groups in total. The van der Waals surface area contributed by atoms with Crippen molar-refractivity contribution in [3.05, 3.63) is 0 Å². The zero-order chi connectivity index (χ0) is 8.60. The lowest BCUT2D eigenvalue weighted by atomic mass is 9.67. The molecule has 0 aromatic carbocycles. The van der Waals surface area contributed by atoms with E-state index in [-0.39, 0.29) is 0 Å². The minimum absolute atomic E-state index is 0.446. The van der Waals surface area contributed by atoms with E-state index in [1.165, 1.54) is 38.6 Å². The van der Waals surface area contributed by atoms with Crippen molar-refractivity contribution in [2.75, 3.05) is 6.54 Å². The Balaban J connectivity index is 1.91. The molecule has 1 unspecified atom stereocenters. The van der Waals surface area contributed by atoms with E-state index in [0.29, 0.717) is 5.54 Å². The maximum Gasteiger partial charge on any atom is 0.0168 e. The van der Waals surface area contributed by atoms with Crippen LogP contribution in [0.4, 0.5) is 0 Å². The van der Waals surface area contributed by atoms with Crippen molar-refractivity contribution in [1.29, 1.82) is 0 Å². The van der Waals surface area contributed by atoms with E-state index >= 15 is 0 Å². The quantitative estimate of drug-likeness (QED) is 0.633. The van der Waals surface area contributed by atoms with Gasteiger partial charge in [0.1, 0.15) is 0 Å². The molecule has 1 heteroatoms. The van der Waals surface area contributed by atoms with Crippen LogP contribution in [0.2, 0.25) is 0 Å². The summed E-state index contributed by atoms with van der Waals surface area (Å²) in [7, 11) is 0. The molecule has 0 aromatic heterocycles. The molecule has 0 amide bonds. The Morgan fingerprint density at radius 3 is 2.17 bits per heavy atom. The lowest BCUT2D eigenvalue weighted by Crippen LogP contribution is -2.63. The van der Waals surface area contributed by atoms with Gasteiger partial charge >= 0.3 is 0 Å². The average Bonchev–Trinajstić information content (AvgIpc) is 2.05. The highest BCUT2D eigenvalue weighted by atomic mass is 15.1. The third-order valence-electron chi connectivity index (χ3n) is 3.92. The molecule has 0 bridgehead atoms. The lowest BCUT2D eigenvalue weighted by Gasteiger charge is -2.51. The summed E-state index contributed by atoms with van der Waals surface area (Å²) in [6.45, 7) is 5.99. The molecule has 12 heavy (non-hydrogen) atoms. The first kappa shape index (κ1) is 8.55. The van der Waals surface area contributed by atoms with Crippen LogP contribution >= 0.6 is 0 Å². The first-order valence-corrected chi connectivity index (χ1v) is 5.45. The molecule has 1 heterocycles. The van der Waals surface area contributed by atoms with Gasteiger partial charge in [0.15, 0.2) is 0 Å². The second-order valence-corrected chi connectivity index (χ2v) is 5.11. The SMILES string of the molecule is CC1(C)NCC1C1CCCCC1. The summed E-state index contributed by atoms with van der Waals surface area (Å²) in [5.41, 5.74) is 0.446. The van der Waals surface area contributed by atoms with Gasteiger partial charge in [-0.2, -0.15) is 0 Å². The fraction of sp³-hybridized carbons (Fsp3) is 1.00. The molecule has 0 aromatic rings. The average molecular weight is 167 g/mol. The molecule has 2 aliphatic rings. The fourth-order valence-electron chi connectivity index (χ4n) is 2.92. The van der Waals surface area contributed by atoms with Crippen LogP contribution in [0, 0.1) is 11.8 Å². The summed E-state index contributed by atoms with van der Waals surface area (Å²) in [5, 5.41) is 3.53. The molecule has 1 saturated carbocycles. The summed E-state index contributed by atoms with van der Waals surface area (Å²) in [4.78, 5) is 0. The second kappa shape index (κ2) is 3.02. The summed E-state index contributed by atoms with van der Waals surface area (Å²) in [6.07, 6.45) is 7.44. The number of rotatable bonds is 1. The normalized spacial score (nSPS) is 36.0. The highest BCUT2D eigenvalue weighted by molar-refractivity contribution is 5.00. The standard InChI is InChI=1S/C11H21N/c1-11(2)10(8-12-11)9-6-4-3-5-7-9/h9-10,12H,3-8H2,1-2H3.